The van der Waals surface area contributed by atoms with Crippen LogP contribution in [0.25, 0.3) is 0 Å². The topological polar surface area (TPSA) is 82.0 Å². The van der Waals surface area contributed by atoms with Gasteiger partial charge in [0.1, 0.15) is 11.5 Å². The van der Waals surface area contributed by atoms with Crippen molar-refractivity contribution in [3.8, 4) is 11.5 Å². The molecule has 0 atom stereocenters. The van der Waals surface area contributed by atoms with Crippen LogP contribution >= 0.6 is 11.3 Å². The van der Waals surface area contributed by atoms with Crippen LogP contribution in [0.4, 0.5) is 5.13 Å². The van der Waals surface area contributed by atoms with Gasteiger partial charge in [0.25, 0.3) is 0 Å². The lowest BCUT2D eigenvalue weighted by Gasteiger charge is -2.11. The molecule has 0 aliphatic carbocycles. The summed E-state index contributed by atoms with van der Waals surface area (Å²) in [5.41, 5.74) is 6.54. The fourth-order valence-corrected chi connectivity index (χ4v) is 3.45. The Labute approximate surface area is 179 Å². The maximum Gasteiger partial charge on any atom is 0.350 e. The van der Waals surface area contributed by atoms with E-state index in [4.69, 9.17) is 14.2 Å². The van der Waals surface area contributed by atoms with Crippen LogP contribution in [-0.2, 0) is 11.3 Å². The Morgan fingerprint density at radius 2 is 1.90 bits per heavy atom. The number of anilines is 1. The molecule has 0 spiro atoms. The van der Waals surface area contributed by atoms with Gasteiger partial charge in [0.05, 0.1) is 26.1 Å². The number of carbonyl (C=O) groups excluding carboxylic acids is 1. The van der Waals surface area contributed by atoms with Gasteiger partial charge in [0.2, 0.25) is 5.13 Å². The van der Waals surface area contributed by atoms with Crippen LogP contribution in [0.2, 0.25) is 0 Å². The SMILES string of the molecule is COC(=O)c1sc(N/N=C\c2ccc(OC)c(OCc3ccc(C)cc3)c2)nc1C. The lowest BCUT2D eigenvalue weighted by atomic mass is 10.1. The second kappa shape index (κ2) is 9.89. The van der Waals surface area contributed by atoms with Gasteiger partial charge in [-0.15, -0.1) is 0 Å². The molecular weight excluding hydrogens is 402 g/mol. The summed E-state index contributed by atoms with van der Waals surface area (Å²) >= 11 is 1.19. The average Bonchev–Trinajstić information content (AvgIpc) is 3.13. The van der Waals surface area contributed by atoms with Gasteiger partial charge in [-0.1, -0.05) is 41.2 Å². The highest BCUT2D eigenvalue weighted by Gasteiger charge is 2.15. The molecule has 1 N–H and O–H groups in total. The fraction of sp³-hybridized carbons (Fsp3) is 0.227. The van der Waals surface area contributed by atoms with Crippen molar-refractivity contribution in [2.24, 2.45) is 5.10 Å². The van der Waals surface area contributed by atoms with Crippen LogP contribution < -0.4 is 14.9 Å². The second-order valence-corrected chi connectivity index (χ2v) is 7.48. The van der Waals surface area contributed by atoms with Gasteiger partial charge in [-0.25, -0.2) is 9.78 Å². The Morgan fingerprint density at radius 1 is 1.13 bits per heavy atom. The summed E-state index contributed by atoms with van der Waals surface area (Å²) < 4.78 is 16.1. The summed E-state index contributed by atoms with van der Waals surface area (Å²) in [6, 6.07) is 13.7. The molecule has 0 fully saturated rings. The number of thiazole rings is 1. The molecule has 30 heavy (non-hydrogen) atoms. The minimum absolute atomic E-state index is 0.410. The van der Waals surface area contributed by atoms with E-state index in [1.807, 2.05) is 37.3 Å². The van der Waals surface area contributed by atoms with Crippen molar-refractivity contribution in [1.29, 1.82) is 0 Å². The van der Waals surface area contributed by atoms with Gasteiger partial charge < -0.3 is 14.2 Å². The quantitative estimate of drug-likeness (QED) is 0.323. The lowest BCUT2D eigenvalue weighted by Crippen LogP contribution is -1.99. The number of nitrogens with zero attached hydrogens (tertiary/aromatic N) is 2. The maximum atomic E-state index is 11.7. The Hall–Kier alpha value is -3.39. The average molecular weight is 426 g/mol. The molecule has 0 aliphatic rings. The smallest absolute Gasteiger partial charge is 0.350 e. The Bertz CT molecular complexity index is 1050. The molecule has 2 aromatic carbocycles. The molecule has 0 radical (unpaired) electrons. The molecule has 1 aromatic heterocycles. The third-order valence-corrected chi connectivity index (χ3v) is 5.29. The first-order valence-corrected chi connectivity index (χ1v) is 10.0. The molecule has 0 amide bonds. The zero-order chi connectivity index (χ0) is 21.5. The number of hydrogen-bond acceptors (Lipinski definition) is 8. The third kappa shape index (κ3) is 5.36. The van der Waals surface area contributed by atoms with Crippen molar-refractivity contribution in [2.45, 2.75) is 20.5 Å². The molecule has 0 bridgehead atoms. The molecule has 156 valence electrons. The molecular formula is C22H23N3O4S. The van der Waals surface area contributed by atoms with E-state index in [9.17, 15) is 4.79 Å². The van der Waals surface area contributed by atoms with Gasteiger partial charge in [-0.3, -0.25) is 5.43 Å². The Balaban J connectivity index is 1.68. The first-order chi connectivity index (χ1) is 14.5. The van der Waals surface area contributed by atoms with Crippen molar-refractivity contribution < 1.29 is 19.0 Å². The summed E-state index contributed by atoms with van der Waals surface area (Å²) in [6.07, 6.45) is 1.65. The highest BCUT2D eigenvalue weighted by molar-refractivity contribution is 7.17. The zero-order valence-electron chi connectivity index (χ0n) is 17.3. The van der Waals surface area contributed by atoms with E-state index in [1.54, 1.807) is 20.2 Å². The monoisotopic (exact) mass is 425 g/mol. The minimum atomic E-state index is -0.410. The predicted octanol–water partition coefficient (Wildman–Crippen LogP) is 4.58. The lowest BCUT2D eigenvalue weighted by molar-refractivity contribution is 0.0605. The van der Waals surface area contributed by atoms with E-state index in [2.05, 4.69) is 27.6 Å². The Kier molecular flexibility index (Phi) is 7.03. The molecule has 3 rings (SSSR count). The van der Waals surface area contributed by atoms with Crippen LogP contribution in [0.3, 0.4) is 0 Å². The second-order valence-electron chi connectivity index (χ2n) is 6.48. The number of esters is 1. The van der Waals surface area contributed by atoms with Crippen molar-refractivity contribution in [2.75, 3.05) is 19.6 Å². The summed E-state index contributed by atoms with van der Waals surface area (Å²) in [7, 11) is 2.95. The molecule has 0 saturated carbocycles. The fourth-order valence-electron chi connectivity index (χ4n) is 2.62. The molecule has 0 unspecified atom stereocenters. The first kappa shape index (κ1) is 21.3. The third-order valence-electron chi connectivity index (χ3n) is 4.24. The number of ether oxygens (including phenoxy) is 3. The number of aromatic nitrogens is 1. The van der Waals surface area contributed by atoms with Gasteiger partial charge in [-0.2, -0.15) is 5.10 Å². The highest BCUT2D eigenvalue weighted by Crippen LogP contribution is 2.28. The Morgan fingerprint density at radius 3 is 2.60 bits per heavy atom. The van der Waals surface area contributed by atoms with E-state index >= 15 is 0 Å². The number of rotatable bonds is 8. The van der Waals surface area contributed by atoms with Crippen LogP contribution in [0.1, 0.15) is 32.1 Å². The predicted molar refractivity (Wildman–Crippen MR) is 118 cm³/mol. The maximum absolute atomic E-state index is 11.7. The number of hydrazone groups is 1. The molecule has 0 aliphatic heterocycles. The van der Waals surface area contributed by atoms with Crippen LogP contribution in [0, 0.1) is 13.8 Å². The number of methoxy groups -OCH3 is 2. The summed E-state index contributed by atoms with van der Waals surface area (Å²) in [5, 5.41) is 4.71. The van der Waals surface area contributed by atoms with E-state index in [1.165, 1.54) is 24.0 Å². The van der Waals surface area contributed by atoms with Gasteiger partial charge in [0.15, 0.2) is 11.5 Å². The largest absolute Gasteiger partial charge is 0.493 e. The van der Waals surface area contributed by atoms with E-state index in [0.29, 0.717) is 33.8 Å². The van der Waals surface area contributed by atoms with Crippen LogP contribution in [-0.4, -0.2) is 31.4 Å². The number of carbonyl (C=O) groups is 1. The van der Waals surface area contributed by atoms with Gasteiger partial charge in [0, 0.05) is 0 Å². The summed E-state index contributed by atoms with van der Waals surface area (Å²) in [6.45, 7) is 4.23. The summed E-state index contributed by atoms with van der Waals surface area (Å²) in [5.74, 6) is 0.859. The minimum Gasteiger partial charge on any atom is -0.493 e. The summed E-state index contributed by atoms with van der Waals surface area (Å²) in [4.78, 5) is 16.4. The van der Waals surface area contributed by atoms with Crippen LogP contribution in [0.5, 0.6) is 11.5 Å². The molecule has 7 nitrogen and oxygen atoms in total. The number of nitrogens with one attached hydrogen (secondary N) is 1. The first-order valence-electron chi connectivity index (χ1n) is 9.21. The zero-order valence-corrected chi connectivity index (χ0v) is 18.1. The van der Waals surface area contributed by atoms with E-state index in [0.717, 1.165) is 11.1 Å². The van der Waals surface area contributed by atoms with Crippen molar-refractivity contribution in [3.63, 3.8) is 0 Å². The van der Waals surface area contributed by atoms with E-state index < -0.39 is 5.97 Å². The number of benzene rings is 2. The normalized spacial score (nSPS) is 10.8. The van der Waals surface area contributed by atoms with Crippen molar-refractivity contribution in [3.05, 3.63) is 69.7 Å². The molecule has 1 heterocycles. The standard InChI is InChI=1S/C22H23N3O4S/c1-14-5-7-16(8-6-14)13-29-19-11-17(9-10-18(19)27-3)12-23-25-22-24-15(2)20(30-22)21(26)28-4/h5-12H,13H2,1-4H3,(H,24,25)/b23-12-. The highest BCUT2D eigenvalue weighted by atomic mass is 32.1. The molecule has 8 heteroatoms. The van der Waals surface area contributed by atoms with E-state index in [-0.39, 0.29) is 0 Å². The van der Waals surface area contributed by atoms with Gasteiger partial charge in [-0.05, 0) is 43.2 Å². The van der Waals surface area contributed by atoms with Gasteiger partial charge >= 0.3 is 5.97 Å². The number of hydrogen-bond donors (Lipinski definition) is 1. The number of aryl methyl sites for hydroxylation is 2. The molecule has 3 aromatic rings. The van der Waals surface area contributed by atoms with Crippen molar-refractivity contribution >= 4 is 28.7 Å². The van der Waals surface area contributed by atoms with Crippen molar-refractivity contribution in [1.82, 2.24) is 4.98 Å². The molecule has 0 saturated heterocycles. The van der Waals surface area contributed by atoms with Crippen LogP contribution in [0.15, 0.2) is 47.6 Å².